The van der Waals surface area contributed by atoms with Crippen molar-refractivity contribution in [1.82, 2.24) is 0 Å². The van der Waals surface area contributed by atoms with Gasteiger partial charge in [0.15, 0.2) is 11.5 Å². The van der Waals surface area contributed by atoms with Crippen LogP contribution < -0.4 is 13.8 Å². The van der Waals surface area contributed by atoms with E-state index in [0.717, 1.165) is 29.7 Å². The van der Waals surface area contributed by atoms with E-state index in [0.29, 0.717) is 18.0 Å². The van der Waals surface area contributed by atoms with Crippen LogP contribution in [0.2, 0.25) is 0 Å². The van der Waals surface area contributed by atoms with E-state index in [9.17, 15) is 8.42 Å². The lowest BCUT2D eigenvalue weighted by Crippen LogP contribution is -2.33. The Morgan fingerprint density at radius 2 is 1.80 bits per heavy atom. The first-order valence-corrected chi connectivity index (χ1v) is 9.56. The highest BCUT2D eigenvalue weighted by Crippen LogP contribution is 2.31. The summed E-state index contributed by atoms with van der Waals surface area (Å²) in [5.74, 6) is 1.16. The van der Waals surface area contributed by atoms with E-state index in [4.69, 9.17) is 9.47 Å². The predicted molar refractivity (Wildman–Crippen MR) is 99.6 cm³/mol. The van der Waals surface area contributed by atoms with Crippen molar-refractivity contribution in [2.45, 2.75) is 12.8 Å². The van der Waals surface area contributed by atoms with Crippen LogP contribution in [0.5, 0.6) is 11.5 Å². The lowest BCUT2D eigenvalue weighted by atomic mass is 10.0. The van der Waals surface area contributed by atoms with Gasteiger partial charge in [-0.25, -0.2) is 8.42 Å². The molecule has 1 heterocycles. The Hall–Kier alpha value is -2.47. The fourth-order valence-electron chi connectivity index (χ4n) is 2.96. The third-order valence-corrected chi connectivity index (χ3v) is 5.69. The number of hydrogen-bond acceptors (Lipinski definition) is 4. The van der Waals surface area contributed by atoms with E-state index in [1.165, 1.54) is 9.71 Å². The Bertz CT molecular complexity index is 890. The van der Waals surface area contributed by atoms with Gasteiger partial charge >= 0.3 is 0 Å². The van der Waals surface area contributed by atoms with Crippen molar-refractivity contribution in [3.63, 3.8) is 0 Å². The largest absolute Gasteiger partial charge is 0.493 e. The molecule has 0 unspecified atom stereocenters. The van der Waals surface area contributed by atoms with Gasteiger partial charge in [0.25, 0.3) is 10.0 Å². The summed E-state index contributed by atoms with van der Waals surface area (Å²) in [6, 6.07) is 12.9. The molecule has 0 N–H and O–H groups in total. The number of hydrogen-bond donors (Lipinski definition) is 0. The van der Waals surface area contributed by atoms with Crippen LogP contribution in [-0.2, 0) is 16.4 Å². The number of para-hydroxylation sites is 1. The van der Waals surface area contributed by atoms with Crippen LogP contribution in [-0.4, -0.2) is 29.2 Å². The van der Waals surface area contributed by atoms with Crippen LogP contribution in [0.3, 0.4) is 0 Å². The lowest BCUT2D eigenvalue weighted by Gasteiger charge is -2.29. The maximum absolute atomic E-state index is 12.8. The average molecular weight is 359 g/mol. The van der Waals surface area contributed by atoms with Crippen molar-refractivity contribution in [1.29, 1.82) is 0 Å². The Labute approximate surface area is 148 Å². The molecule has 5 nitrogen and oxygen atoms in total. The second-order valence-electron chi connectivity index (χ2n) is 5.77. The molecule has 3 rings (SSSR count). The zero-order valence-electron chi connectivity index (χ0n) is 14.3. The first-order valence-electron chi connectivity index (χ1n) is 8.06. The van der Waals surface area contributed by atoms with Gasteiger partial charge in [0.2, 0.25) is 0 Å². The molecule has 0 fully saturated rings. The number of fused-ring (bicyclic) bond motifs is 1. The van der Waals surface area contributed by atoms with Crippen LogP contribution in [0, 0.1) is 0 Å². The van der Waals surface area contributed by atoms with E-state index in [1.54, 1.807) is 38.5 Å². The molecule has 0 aromatic heterocycles. The topological polar surface area (TPSA) is 55.8 Å². The minimum absolute atomic E-state index is 0.496. The molecule has 6 heteroatoms. The minimum atomic E-state index is -3.55. The quantitative estimate of drug-likeness (QED) is 0.820. The molecule has 2 aromatic rings. The van der Waals surface area contributed by atoms with Gasteiger partial charge in [0.05, 0.1) is 25.3 Å². The monoisotopic (exact) mass is 359 g/mol. The maximum Gasteiger partial charge on any atom is 0.257 e. The van der Waals surface area contributed by atoms with Gasteiger partial charge in [-0.15, -0.1) is 0 Å². The molecule has 1 aliphatic heterocycles. The summed E-state index contributed by atoms with van der Waals surface area (Å²) in [5, 5.41) is 1.25. The molecular formula is C19H21NO4S. The summed E-state index contributed by atoms with van der Waals surface area (Å²) in [4.78, 5) is 0. The molecule has 132 valence electrons. The van der Waals surface area contributed by atoms with Crippen LogP contribution >= 0.6 is 0 Å². The highest BCUT2D eigenvalue weighted by molar-refractivity contribution is 7.95. The van der Waals surface area contributed by atoms with Gasteiger partial charge in [-0.3, -0.25) is 4.31 Å². The van der Waals surface area contributed by atoms with Crippen LogP contribution in [0.4, 0.5) is 5.69 Å². The minimum Gasteiger partial charge on any atom is -0.493 e. The molecule has 0 amide bonds. The van der Waals surface area contributed by atoms with E-state index in [1.807, 2.05) is 24.3 Å². The summed E-state index contributed by atoms with van der Waals surface area (Å²) in [6.45, 7) is 0.496. The number of rotatable bonds is 5. The number of anilines is 1. The fourth-order valence-corrected chi connectivity index (χ4v) is 4.27. The SMILES string of the molecule is COc1ccc(/C=C/S(=O)(=O)N2CCCc3ccccc32)cc1OC. The predicted octanol–water partition coefficient (Wildman–Crippen LogP) is 3.46. The van der Waals surface area contributed by atoms with E-state index in [2.05, 4.69) is 0 Å². The number of benzene rings is 2. The molecule has 0 saturated carbocycles. The lowest BCUT2D eigenvalue weighted by molar-refractivity contribution is 0.355. The van der Waals surface area contributed by atoms with E-state index < -0.39 is 10.0 Å². The van der Waals surface area contributed by atoms with E-state index >= 15 is 0 Å². The Kier molecular flexibility index (Phi) is 4.99. The van der Waals surface area contributed by atoms with E-state index in [-0.39, 0.29) is 0 Å². The van der Waals surface area contributed by atoms with Crippen molar-refractivity contribution in [3.05, 3.63) is 59.0 Å². The number of sulfonamides is 1. The number of aryl methyl sites for hydroxylation is 1. The maximum atomic E-state index is 12.8. The van der Waals surface area contributed by atoms with Crippen molar-refractivity contribution in [2.24, 2.45) is 0 Å². The standard InChI is InChI=1S/C19H21NO4S/c1-23-18-10-9-15(14-19(18)24-2)11-13-25(21,22)20-12-5-7-16-6-3-4-8-17(16)20/h3-4,6,8-11,13-14H,5,7,12H2,1-2H3/b13-11+. The van der Waals surface area contributed by atoms with Gasteiger partial charge in [0, 0.05) is 6.54 Å². The second-order valence-corrected chi connectivity index (χ2v) is 7.51. The molecule has 0 spiro atoms. The smallest absolute Gasteiger partial charge is 0.257 e. The van der Waals surface area contributed by atoms with Crippen molar-refractivity contribution >= 4 is 21.8 Å². The highest BCUT2D eigenvalue weighted by atomic mass is 32.2. The zero-order valence-corrected chi connectivity index (χ0v) is 15.1. The summed E-state index contributed by atoms with van der Waals surface area (Å²) in [6.07, 6.45) is 3.30. The van der Waals surface area contributed by atoms with Crippen LogP contribution in [0.1, 0.15) is 17.5 Å². The molecule has 25 heavy (non-hydrogen) atoms. The Balaban J connectivity index is 1.89. The number of methoxy groups -OCH3 is 2. The zero-order chi connectivity index (χ0) is 17.9. The van der Waals surface area contributed by atoms with Crippen molar-refractivity contribution in [2.75, 3.05) is 25.1 Å². The van der Waals surface area contributed by atoms with Crippen molar-refractivity contribution < 1.29 is 17.9 Å². The summed E-state index contributed by atoms with van der Waals surface area (Å²) in [5.41, 5.74) is 2.56. The molecule has 1 aliphatic rings. The molecule has 2 aromatic carbocycles. The normalized spacial score (nSPS) is 14.4. The van der Waals surface area contributed by atoms with Crippen LogP contribution in [0.25, 0.3) is 6.08 Å². The molecule has 0 aliphatic carbocycles. The van der Waals surface area contributed by atoms with Gasteiger partial charge in [0.1, 0.15) is 0 Å². The van der Waals surface area contributed by atoms with Gasteiger partial charge in [-0.05, 0) is 48.2 Å². The van der Waals surface area contributed by atoms with Crippen LogP contribution in [0.15, 0.2) is 47.9 Å². The third-order valence-electron chi connectivity index (χ3n) is 4.21. The average Bonchev–Trinajstić information content (AvgIpc) is 2.65. The molecule has 0 radical (unpaired) electrons. The molecule has 0 saturated heterocycles. The molecule has 0 bridgehead atoms. The molecule has 0 atom stereocenters. The summed E-state index contributed by atoms with van der Waals surface area (Å²) >= 11 is 0. The highest BCUT2D eigenvalue weighted by Gasteiger charge is 2.25. The Morgan fingerprint density at radius 1 is 1.04 bits per heavy atom. The fraction of sp³-hybridized carbons (Fsp3) is 0.263. The summed E-state index contributed by atoms with van der Waals surface area (Å²) in [7, 11) is -0.440. The van der Waals surface area contributed by atoms with Gasteiger partial charge in [-0.1, -0.05) is 24.3 Å². The first-order chi connectivity index (χ1) is 12.0. The second kappa shape index (κ2) is 7.19. The number of nitrogens with zero attached hydrogens (tertiary/aromatic N) is 1. The first kappa shape index (κ1) is 17.4. The molecular weight excluding hydrogens is 338 g/mol. The van der Waals surface area contributed by atoms with Crippen molar-refractivity contribution in [3.8, 4) is 11.5 Å². The Morgan fingerprint density at radius 3 is 2.56 bits per heavy atom. The number of ether oxygens (including phenoxy) is 2. The van der Waals surface area contributed by atoms with Gasteiger partial charge < -0.3 is 9.47 Å². The third kappa shape index (κ3) is 3.64. The summed E-state index contributed by atoms with van der Waals surface area (Å²) < 4.78 is 37.5. The van der Waals surface area contributed by atoms with Gasteiger partial charge in [-0.2, -0.15) is 0 Å².